The SMILES string of the molecule is CC(=O)NCc1ccc(C(=O)NC(C)C(C)C)cc1. The van der Waals surface area contributed by atoms with Crippen LogP contribution in [-0.2, 0) is 11.3 Å². The predicted octanol–water partition coefficient (Wildman–Crippen LogP) is 2.10. The van der Waals surface area contributed by atoms with Crippen molar-refractivity contribution in [2.45, 2.75) is 40.3 Å². The van der Waals surface area contributed by atoms with Crippen LogP contribution in [0.15, 0.2) is 24.3 Å². The molecule has 4 heteroatoms. The molecule has 0 saturated heterocycles. The molecule has 0 heterocycles. The number of hydrogen-bond donors (Lipinski definition) is 2. The maximum absolute atomic E-state index is 12.0. The monoisotopic (exact) mass is 262 g/mol. The molecule has 19 heavy (non-hydrogen) atoms. The van der Waals surface area contributed by atoms with Gasteiger partial charge in [-0.15, -0.1) is 0 Å². The molecule has 1 rings (SSSR count). The van der Waals surface area contributed by atoms with E-state index in [4.69, 9.17) is 0 Å². The molecule has 0 aliphatic carbocycles. The Kier molecular flexibility index (Phi) is 5.55. The Morgan fingerprint density at radius 1 is 1.11 bits per heavy atom. The Morgan fingerprint density at radius 3 is 2.16 bits per heavy atom. The molecular formula is C15H22N2O2. The van der Waals surface area contributed by atoms with E-state index in [1.807, 2.05) is 19.1 Å². The van der Waals surface area contributed by atoms with Gasteiger partial charge >= 0.3 is 0 Å². The Hall–Kier alpha value is -1.84. The smallest absolute Gasteiger partial charge is 0.251 e. The molecule has 0 fully saturated rings. The van der Waals surface area contributed by atoms with Crippen molar-refractivity contribution < 1.29 is 9.59 Å². The van der Waals surface area contributed by atoms with E-state index < -0.39 is 0 Å². The molecule has 1 aromatic rings. The van der Waals surface area contributed by atoms with E-state index in [0.717, 1.165) is 5.56 Å². The second-order valence-corrected chi connectivity index (χ2v) is 5.11. The van der Waals surface area contributed by atoms with Crippen molar-refractivity contribution >= 4 is 11.8 Å². The van der Waals surface area contributed by atoms with Gasteiger partial charge in [0, 0.05) is 25.1 Å². The van der Waals surface area contributed by atoms with Crippen molar-refractivity contribution in [2.75, 3.05) is 0 Å². The molecule has 0 saturated carbocycles. The van der Waals surface area contributed by atoms with E-state index in [-0.39, 0.29) is 17.9 Å². The summed E-state index contributed by atoms with van der Waals surface area (Å²) >= 11 is 0. The maximum atomic E-state index is 12.0. The third-order valence-corrected chi connectivity index (χ3v) is 3.12. The second-order valence-electron chi connectivity index (χ2n) is 5.11. The van der Waals surface area contributed by atoms with Crippen molar-refractivity contribution in [1.29, 1.82) is 0 Å². The van der Waals surface area contributed by atoms with Crippen LogP contribution in [0, 0.1) is 5.92 Å². The minimum Gasteiger partial charge on any atom is -0.352 e. The van der Waals surface area contributed by atoms with Crippen LogP contribution >= 0.6 is 0 Å². The van der Waals surface area contributed by atoms with Gasteiger partial charge in [0.1, 0.15) is 0 Å². The summed E-state index contributed by atoms with van der Waals surface area (Å²) in [7, 11) is 0. The van der Waals surface area contributed by atoms with Crippen LogP contribution in [0.4, 0.5) is 0 Å². The fourth-order valence-electron chi connectivity index (χ4n) is 1.46. The third-order valence-electron chi connectivity index (χ3n) is 3.12. The summed E-state index contributed by atoms with van der Waals surface area (Å²) in [6.07, 6.45) is 0. The van der Waals surface area contributed by atoms with Crippen LogP contribution in [0.2, 0.25) is 0 Å². The van der Waals surface area contributed by atoms with Gasteiger partial charge in [-0.2, -0.15) is 0 Å². The number of carbonyl (C=O) groups is 2. The van der Waals surface area contributed by atoms with E-state index in [0.29, 0.717) is 18.0 Å². The fourth-order valence-corrected chi connectivity index (χ4v) is 1.46. The molecule has 104 valence electrons. The molecule has 0 radical (unpaired) electrons. The second kappa shape index (κ2) is 6.92. The summed E-state index contributed by atoms with van der Waals surface area (Å²) in [5, 5.41) is 5.67. The molecule has 2 amide bonds. The Bertz CT molecular complexity index is 438. The quantitative estimate of drug-likeness (QED) is 0.853. The van der Waals surface area contributed by atoms with Crippen molar-refractivity contribution in [3.8, 4) is 0 Å². The minimum atomic E-state index is -0.0627. The Labute approximate surface area is 114 Å². The molecule has 0 spiro atoms. The lowest BCUT2D eigenvalue weighted by atomic mass is 10.1. The van der Waals surface area contributed by atoms with Crippen LogP contribution in [0.1, 0.15) is 43.6 Å². The van der Waals surface area contributed by atoms with Gasteiger partial charge in [0.2, 0.25) is 5.91 Å². The van der Waals surface area contributed by atoms with E-state index in [1.54, 1.807) is 12.1 Å². The van der Waals surface area contributed by atoms with E-state index in [1.165, 1.54) is 6.92 Å². The first-order valence-electron chi connectivity index (χ1n) is 6.54. The average molecular weight is 262 g/mol. The first-order valence-corrected chi connectivity index (χ1v) is 6.54. The lowest BCUT2D eigenvalue weighted by Crippen LogP contribution is -2.36. The van der Waals surface area contributed by atoms with Crippen molar-refractivity contribution in [3.05, 3.63) is 35.4 Å². The first-order chi connectivity index (χ1) is 8.90. The van der Waals surface area contributed by atoms with Gasteiger partial charge in [-0.05, 0) is 30.5 Å². The standard InChI is InChI=1S/C15H22N2O2/c1-10(2)11(3)17-15(19)14-7-5-13(6-8-14)9-16-12(4)18/h5-8,10-11H,9H2,1-4H3,(H,16,18)(H,17,19). The molecule has 4 nitrogen and oxygen atoms in total. The number of amides is 2. The Morgan fingerprint density at radius 2 is 1.68 bits per heavy atom. The number of nitrogens with one attached hydrogen (secondary N) is 2. The number of benzene rings is 1. The van der Waals surface area contributed by atoms with E-state index in [2.05, 4.69) is 24.5 Å². The van der Waals surface area contributed by atoms with Crippen molar-refractivity contribution in [2.24, 2.45) is 5.92 Å². The van der Waals surface area contributed by atoms with Gasteiger partial charge in [-0.25, -0.2) is 0 Å². The molecule has 0 aliphatic rings. The summed E-state index contributed by atoms with van der Waals surface area (Å²) in [4.78, 5) is 22.8. The fraction of sp³-hybridized carbons (Fsp3) is 0.467. The van der Waals surface area contributed by atoms with Crippen LogP contribution in [0.25, 0.3) is 0 Å². The highest BCUT2D eigenvalue weighted by atomic mass is 16.2. The molecule has 0 aromatic heterocycles. The van der Waals surface area contributed by atoms with Crippen LogP contribution in [-0.4, -0.2) is 17.9 Å². The third kappa shape index (κ3) is 5.12. The van der Waals surface area contributed by atoms with Crippen LogP contribution < -0.4 is 10.6 Å². The highest BCUT2D eigenvalue weighted by Gasteiger charge is 2.12. The zero-order valence-electron chi connectivity index (χ0n) is 12.0. The maximum Gasteiger partial charge on any atom is 0.251 e. The van der Waals surface area contributed by atoms with E-state index in [9.17, 15) is 9.59 Å². The van der Waals surface area contributed by atoms with Crippen molar-refractivity contribution in [1.82, 2.24) is 10.6 Å². The number of carbonyl (C=O) groups excluding carboxylic acids is 2. The molecule has 1 atom stereocenters. The van der Waals surface area contributed by atoms with Crippen molar-refractivity contribution in [3.63, 3.8) is 0 Å². The van der Waals surface area contributed by atoms with E-state index >= 15 is 0 Å². The molecule has 0 bridgehead atoms. The molecule has 1 unspecified atom stereocenters. The number of rotatable bonds is 5. The lowest BCUT2D eigenvalue weighted by molar-refractivity contribution is -0.119. The first kappa shape index (κ1) is 15.2. The molecule has 2 N–H and O–H groups in total. The zero-order chi connectivity index (χ0) is 14.4. The van der Waals surface area contributed by atoms with Gasteiger partial charge < -0.3 is 10.6 Å². The van der Waals surface area contributed by atoms with Gasteiger partial charge in [0.05, 0.1) is 0 Å². The predicted molar refractivity (Wildman–Crippen MR) is 75.7 cm³/mol. The summed E-state index contributed by atoms with van der Waals surface area (Å²) in [5.41, 5.74) is 1.61. The van der Waals surface area contributed by atoms with Gasteiger partial charge in [-0.1, -0.05) is 26.0 Å². The largest absolute Gasteiger partial charge is 0.352 e. The molecule has 1 aromatic carbocycles. The minimum absolute atomic E-state index is 0.0624. The molecule has 0 aliphatic heterocycles. The molecular weight excluding hydrogens is 240 g/mol. The summed E-state index contributed by atoms with van der Waals surface area (Å²) in [6.45, 7) is 8.10. The highest BCUT2D eigenvalue weighted by Crippen LogP contribution is 2.06. The summed E-state index contributed by atoms with van der Waals surface area (Å²) in [5.74, 6) is 0.280. The van der Waals surface area contributed by atoms with Gasteiger partial charge in [-0.3, -0.25) is 9.59 Å². The normalized spacial score (nSPS) is 12.1. The highest BCUT2D eigenvalue weighted by molar-refractivity contribution is 5.94. The van der Waals surface area contributed by atoms with Gasteiger partial charge in [0.15, 0.2) is 0 Å². The van der Waals surface area contributed by atoms with Crippen LogP contribution in [0.3, 0.4) is 0 Å². The van der Waals surface area contributed by atoms with Crippen LogP contribution in [0.5, 0.6) is 0 Å². The number of hydrogen-bond acceptors (Lipinski definition) is 2. The average Bonchev–Trinajstić information content (AvgIpc) is 2.36. The zero-order valence-corrected chi connectivity index (χ0v) is 12.0. The lowest BCUT2D eigenvalue weighted by Gasteiger charge is -2.17. The Balaban J connectivity index is 2.60. The summed E-state index contributed by atoms with van der Waals surface area (Å²) in [6, 6.07) is 7.40. The summed E-state index contributed by atoms with van der Waals surface area (Å²) < 4.78 is 0. The van der Waals surface area contributed by atoms with Gasteiger partial charge in [0.25, 0.3) is 5.91 Å². The topological polar surface area (TPSA) is 58.2 Å².